The highest BCUT2D eigenvalue weighted by molar-refractivity contribution is 7.88. The maximum atomic E-state index is 12.4. The summed E-state index contributed by atoms with van der Waals surface area (Å²) in [5.74, 6) is 0. The van der Waals surface area contributed by atoms with Gasteiger partial charge in [0.05, 0.1) is 25.4 Å². The number of carbonyl (C=O) groups is 2. The number of urea groups is 2. The van der Waals surface area contributed by atoms with Crippen LogP contribution in [0, 0.1) is 0 Å². The van der Waals surface area contributed by atoms with Gasteiger partial charge in [-0.3, -0.25) is 0 Å². The normalized spacial score (nSPS) is 16.4. The molecule has 1 aromatic carbocycles. The molecule has 1 atom stereocenters. The van der Waals surface area contributed by atoms with Crippen molar-refractivity contribution < 1.29 is 18.0 Å². The predicted octanol–water partition coefficient (Wildman–Crippen LogP) is 1.91. The van der Waals surface area contributed by atoms with E-state index < -0.39 is 22.1 Å². The minimum atomic E-state index is -3.67. The van der Waals surface area contributed by atoms with E-state index in [4.69, 9.17) is 0 Å². The van der Waals surface area contributed by atoms with Crippen LogP contribution in [-0.2, 0) is 10.0 Å². The van der Waals surface area contributed by atoms with Gasteiger partial charge in [-0.05, 0) is 36.5 Å². The molecule has 27 heavy (non-hydrogen) atoms. The molecule has 0 aliphatic carbocycles. The van der Waals surface area contributed by atoms with Gasteiger partial charge in [-0.1, -0.05) is 18.2 Å². The first-order valence-electron chi connectivity index (χ1n) is 8.39. The molecule has 2 aromatic rings. The van der Waals surface area contributed by atoms with Crippen molar-refractivity contribution in [1.29, 1.82) is 0 Å². The third kappa shape index (κ3) is 3.92. The Labute approximate surface area is 162 Å². The quantitative estimate of drug-likeness (QED) is 0.813. The number of hydrogen-bond donors (Lipinski definition) is 1. The van der Waals surface area contributed by atoms with Gasteiger partial charge in [0, 0.05) is 11.2 Å². The van der Waals surface area contributed by atoms with Crippen LogP contribution in [0.5, 0.6) is 0 Å². The van der Waals surface area contributed by atoms with Crippen molar-refractivity contribution in [1.82, 2.24) is 19.4 Å². The van der Waals surface area contributed by atoms with Crippen molar-refractivity contribution in [2.75, 3.05) is 40.0 Å². The lowest BCUT2D eigenvalue weighted by molar-refractivity contribution is 0.191. The Morgan fingerprint density at radius 1 is 1.30 bits per heavy atom. The van der Waals surface area contributed by atoms with Gasteiger partial charge in [0.25, 0.3) is 0 Å². The molecule has 3 rings (SSSR count). The SMILES string of the molecule is CN(C)C(CNC(=O)N1CCN(S(C)(=O)=O)C1=O)c1csc2ccccc12. The van der Waals surface area contributed by atoms with Crippen LogP contribution in [0.1, 0.15) is 11.6 Å². The van der Waals surface area contributed by atoms with Crippen LogP contribution in [0.2, 0.25) is 0 Å². The van der Waals surface area contributed by atoms with Crippen molar-refractivity contribution in [2.24, 2.45) is 0 Å². The summed E-state index contributed by atoms with van der Waals surface area (Å²) in [6.07, 6.45) is 0.954. The smallest absolute Gasteiger partial charge is 0.336 e. The Bertz CT molecular complexity index is 970. The number of nitrogens with zero attached hydrogens (tertiary/aromatic N) is 3. The van der Waals surface area contributed by atoms with E-state index in [0.29, 0.717) is 10.8 Å². The van der Waals surface area contributed by atoms with Gasteiger partial charge in [-0.25, -0.2) is 27.2 Å². The molecule has 0 radical (unpaired) electrons. The number of fused-ring (bicyclic) bond motifs is 1. The summed E-state index contributed by atoms with van der Waals surface area (Å²) in [6, 6.07) is 6.60. The topological polar surface area (TPSA) is 90.0 Å². The van der Waals surface area contributed by atoms with Gasteiger partial charge in [-0.15, -0.1) is 11.3 Å². The summed E-state index contributed by atoms with van der Waals surface area (Å²) in [7, 11) is 0.185. The molecule has 0 bridgehead atoms. The van der Waals surface area contributed by atoms with Crippen LogP contribution in [0.25, 0.3) is 10.1 Å². The third-order valence-corrected chi connectivity index (χ3v) is 6.68. The largest absolute Gasteiger partial charge is 0.341 e. The van der Waals surface area contributed by atoms with Crippen molar-refractivity contribution in [3.8, 4) is 0 Å². The molecule has 0 saturated carbocycles. The first-order valence-corrected chi connectivity index (χ1v) is 11.1. The zero-order valence-electron chi connectivity index (χ0n) is 15.4. The average Bonchev–Trinajstić information content (AvgIpc) is 3.18. The van der Waals surface area contributed by atoms with Crippen LogP contribution in [0.4, 0.5) is 9.59 Å². The number of benzene rings is 1. The summed E-state index contributed by atoms with van der Waals surface area (Å²) in [4.78, 5) is 27.6. The maximum Gasteiger partial charge on any atom is 0.341 e. The van der Waals surface area contributed by atoms with Crippen LogP contribution in [0.15, 0.2) is 29.6 Å². The molecule has 1 aliphatic rings. The van der Waals surface area contributed by atoms with Gasteiger partial charge in [0.15, 0.2) is 0 Å². The number of nitrogens with one attached hydrogen (secondary N) is 1. The highest BCUT2D eigenvalue weighted by Gasteiger charge is 2.38. The molecule has 0 spiro atoms. The summed E-state index contributed by atoms with van der Waals surface area (Å²) in [5.41, 5.74) is 1.10. The van der Waals surface area contributed by atoms with E-state index in [1.807, 2.05) is 37.2 Å². The summed E-state index contributed by atoms with van der Waals surface area (Å²) >= 11 is 1.65. The molecule has 2 heterocycles. The van der Waals surface area contributed by atoms with E-state index >= 15 is 0 Å². The third-order valence-electron chi connectivity index (χ3n) is 4.56. The van der Waals surface area contributed by atoms with Gasteiger partial charge in [0.1, 0.15) is 0 Å². The molecule has 1 saturated heterocycles. The fraction of sp³-hybridized carbons (Fsp3) is 0.412. The second-order valence-corrected chi connectivity index (χ2v) is 9.44. The Balaban J connectivity index is 1.72. The standard InChI is InChI=1S/C17H22N4O4S2/c1-19(2)14(13-11-26-15-7-5-4-6-12(13)15)10-18-16(22)20-8-9-21(17(20)23)27(3,24)25/h4-7,11,14H,8-10H2,1-3H3,(H,18,22). The molecule has 1 aromatic heterocycles. The van der Waals surface area contributed by atoms with Crippen molar-refractivity contribution in [3.05, 3.63) is 35.2 Å². The number of likely N-dealkylation sites (N-methyl/N-ethyl adjacent to an activating group) is 1. The number of imide groups is 1. The fourth-order valence-corrected chi connectivity index (χ4v) is 4.92. The zero-order valence-corrected chi connectivity index (χ0v) is 17.0. The maximum absolute atomic E-state index is 12.4. The van der Waals surface area contributed by atoms with E-state index in [2.05, 4.69) is 16.8 Å². The van der Waals surface area contributed by atoms with Crippen LogP contribution in [-0.4, -0.2) is 74.6 Å². The van der Waals surface area contributed by atoms with Crippen LogP contribution >= 0.6 is 11.3 Å². The lowest BCUT2D eigenvalue weighted by Crippen LogP contribution is -2.45. The summed E-state index contributed by atoms with van der Waals surface area (Å²) < 4.78 is 25.1. The molecule has 1 unspecified atom stereocenters. The molecular weight excluding hydrogens is 388 g/mol. The monoisotopic (exact) mass is 410 g/mol. The Hall–Kier alpha value is -2.17. The minimum absolute atomic E-state index is 0.0165. The highest BCUT2D eigenvalue weighted by Crippen LogP contribution is 2.32. The number of thiophene rings is 1. The second-order valence-electron chi connectivity index (χ2n) is 6.62. The van der Waals surface area contributed by atoms with Crippen molar-refractivity contribution in [3.63, 3.8) is 0 Å². The number of rotatable bonds is 5. The van der Waals surface area contributed by atoms with Crippen LogP contribution < -0.4 is 5.32 Å². The van der Waals surface area contributed by atoms with E-state index in [9.17, 15) is 18.0 Å². The Kier molecular flexibility index (Phi) is 5.41. The van der Waals surface area contributed by atoms with Crippen molar-refractivity contribution >= 4 is 43.5 Å². The molecule has 8 nitrogen and oxygen atoms in total. The number of carbonyl (C=O) groups excluding carboxylic acids is 2. The molecule has 10 heteroatoms. The molecular formula is C17H22N4O4S2. The van der Waals surface area contributed by atoms with E-state index in [-0.39, 0.29) is 19.1 Å². The lowest BCUT2D eigenvalue weighted by Gasteiger charge is -2.25. The average molecular weight is 411 g/mol. The Morgan fingerprint density at radius 3 is 2.63 bits per heavy atom. The van der Waals surface area contributed by atoms with Gasteiger partial charge in [0.2, 0.25) is 10.0 Å². The van der Waals surface area contributed by atoms with E-state index in [1.54, 1.807) is 11.3 Å². The number of sulfonamides is 1. The molecule has 146 valence electrons. The lowest BCUT2D eigenvalue weighted by atomic mass is 10.0. The van der Waals surface area contributed by atoms with E-state index in [0.717, 1.165) is 22.1 Å². The molecule has 1 N–H and O–H groups in total. The number of amides is 4. The summed E-state index contributed by atoms with van der Waals surface area (Å²) in [5, 5.41) is 5.98. The second kappa shape index (κ2) is 7.45. The molecule has 1 fully saturated rings. The molecule has 1 aliphatic heterocycles. The van der Waals surface area contributed by atoms with Crippen LogP contribution in [0.3, 0.4) is 0 Å². The first kappa shape index (κ1) is 19.6. The van der Waals surface area contributed by atoms with Gasteiger partial charge >= 0.3 is 12.1 Å². The first-order chi connectivity index (χ1) is 12.7. The van der Waals surface area contributed by atoms with Gasteiger partial charge < -0.3 is 10.2 Å². The minimum Gasteiger partial charge on any atom is -0.336 e. The van der Waals surface area contributed by atoms with Crippen molar-refractivity contribution in [2.45, 2.75) is 6.04 Å². The van der Waals surface area contributed by atoms with E-state index in [1.165, 1.54) is 4.70 Å². The highest BCUT2D eigenvalue weighted by atomic mass is 32.2. The predicted molar refractivity (Wildman–Crippen MR) is 105 cm³/mol. The Morgan fingerprint density at radius 2 is 2.00 bits per heavy atom. The molecule has 4 amide bonds. The fourth-order valence-electron chi connectivity index (χ4n) is 3.12. The van der Waals surface area contributed by atoms with Gasteiger partial charge in [-0.2, -0.15) is 0 Å². The summed E-state index contributed by atoms with van der Waals surface area (Å²) in [6.45, 7) is 0.332. The number of hydrogen-bond acceptors (Lipinski definition) is 6. The zero-order chi connectivity index (χ0) is 19.8.